The number of amides is 2. The first-order valence-corrected chi connectivity index (χ1v) is 9.90. The summed E-state index contributed by atoms with van der Waals surface area (Å²) in [5.74, 6) is -3.58. The van der Waals surface area contributed by atoms with Crippen molar-refractivity contribution in [2.45, 2.75) is 18.3 Å². The highest BCUT2D eigenvalue weighted by atomic mass is 32.2. The van der Waals surface area contributed by atoms with Gasteiger partial charge in [-0.15, -0.1) is 23.1 Å². The number of ether oxygens (including phenoxy) is 1. The molecule has 2 aliphatic rings. The van der Waals surface area contributed by atoms with Gasteiger partial charge in [0.1, 0.15) is 30.0 Å². The standard InChI is InChI=1S/C15H15N5O7S2/c1-5(21)27-7-4-28-13-9(12(23)20(13)10(7)14(24)25)18-11(22)8(19-26-2)6-3-29-15(16)17-6/h3,9,13H,4H2,1-2H3,(H2,16,17)(H,18,22)(H,24,25)/b19-8-/t9-,13-/m1/s1. The van der Waals surface area contributed by atoms with Crippen LogP contribution in [0.1, 0.15) is 12.6 Å². The van der Waals surface area contributed by atoms with Gasteiger partial charge in [0.15, 0.2) is 16.5 Å². The number of carbonyl (C=O) groups is 4. The van der Waals surface area contributed by atoms with E-state index in [-0.39, 0.29) is 28.0 Å². The predicted molar refractivity (Wildman–Crippen MR) is 102 cm³/mol. The van der Waals surface area contributed by atoms with Gasteiger partial charge >= 0.3 is 11.9 Å². The van der Waals surface area contributed by atoms with E-state index >= 15 is 0 Å². The third kappa shape index (κ3) is 3.88. The summed E-state index contributed by atoms with van der Waals surface area (Å²) in [5.41, 5.74) is 5.15. The van der Waals surface area contributed by atoms with Crippen LogP contribution in [0.15, 0.2) is 22.0 Å². The Labute approximate surface area is 171 Å². The summed E-state index contributed by atoms with van der Waals surface area (Å²) in [6, 6.07) is -1.00. The molecular weight excluding hydrogens is 426 g/mol. The molecule has 12 nitrogen and oxygen atoms in total. The van der Waals surface area contributed by atoms with Crippen molar-refractivity contribution in [1.29, 1.82) is 0 Å². The molecule has 0 aromatic carbocycles. The summed E-state index contributed by atoms with van der Waals surface area (Å²) in [6.07, 6.45) is 0. The zero-order valence-electron chi connectivity index (χ0n) is 15.1. The van der Waals surface area contributed by atoms with Gasteiger partial charge in [0.05, 0.1) is 5.75 Å². The van der Waals surface area contributed by atoms with Crippen LogP contribution in [-0.4, -0.2) is 68.7 Å². The zero-order valence-corrected chi connectivity index (χ0v) is 16.7. The molecule has 0 bridgehead atoms. The molecule has 0 saturated carbocycles. The SMILES string of the molecule is CO/N=C(\C(=O)N[C@@H]1C(=O)N2C(C(=O)O)=C(OC(C)=O)CS[C@H]12)c1csc(N)n1. The highest BCUT2D eigenvalue weighted by molar-refractivity contribution is 8.00. The smallest absolute Gasteiger partial charge is 0.356 e. The van der Waals surface area contributed by atoms with E-state index in [9.17, 15) is 24.3 Å². The topological polar surface area (TPSA) is 174 Å². The maximum Gasteiger partial charge on any atom is 0.356 e. The summed E-state index contributed by atoms with van der Waals surface area (Å²) in [7, 11) is 1.25. The van der Waals surface area contributed by atoms with Crippen molar-refractivity contribution in [3.8, 4) is 0 Å². The van der Waals surface area contributed by atoms with Crippen LogP contribution >= 0.6 is 23.1 Å². The molecular formula is C15H15N5O7S2. The van der Waals surface area contributed by atoms with Gasteiger partial charge in [0.2, 0.25) is 0 Å². The molecule has 0 radical (unpaired) electrons. The second kappa shape index (κ2) is 8.08. The maximum atomic E-state index is 12.6. The Morgan fingerprint density at radius 2 is 2.17 bits per heavy atom. The normalized spacial score (nSPS) is 21.2. The van der Waals surface area contributed by atoms with E-state index in [1.165, 1.54) is 12.5 Å². The van der Waals surface area contributed by atoms with E-state index in [0.29, 0.717) is 0 Å². The van der Waals surface area contributed by atoms with E-state index in [1.807, 2.05) is 0 Å². The summed E-state index contributed by atoms with van der Waals surface area (Å²) in [6.45, 7) is 1.13. The first-order chi connectivity index (χ1) is 13.7. The van der Waals surface area contributed by atoms with Gasteiger partial charge in [-0.2, -0.15) is 0 Å². The monoisotopic (exact) mass is 441 g/mol. The van der Waals surface area contributed by atoms with Gasteiger partial charge in [0, 0.05) is 12.3 Å². The van der Waals surface area contributed by atoms with Crippen molar-refractivity contribution < 1.29 is 33.9 Å². The largest absolute Gasteiger partial charge is 0.476 e. The van der Waals surface area contributed by atoms with Crippen LogP contribution in [0.25, 0.3) is 0 Å². The third-order valence-electron chi connectivity index (χ3n) is 3.85. The van der Waals surface area contributed by atoms with Gasteiger partial charge in [0.25, 0.3) is 11.8 Å². The van der Waals surface area contributed by atoms with Crippen LogP contribution in [0.4, 0.5) is 5.13 Å². The first-order valence-electron chi connectivity index (χ1n) is 7.97. The average molecular weight is 441 g/mol. The number of β-lactam (4-membered cyclic amide) rings is 1. The van der Waals surface area contributed by atoms with E-state index in [2.05, 4.69) is 20.3 Å². The highest BCUT2D eigenvalue weighted by Crippen LogP contribution is 2.40. The number of hydrogen-bond acceptors (Lipinski definition) is 11. The summed E-state index contributed by atoms with van der Waals surface area (Å²) >= 11 is 2.25. The van der Waals surface area contributed by atoms with Crippen molar-refractivity contribution in [3.05, 3.63) is 22.5 Å². The lowest BCUT2D eigenvalue weighted by Gasteiger charge is -2.48. The number of aromatic nitrogens is 1. The number of nitrogens with zero attached hydrogens (tertiary/aromatic N) is 3. The summed E-state index contributed by atoms with van der Waals surface area (Å²) in [4.78, 5) is 57.6. The molecule has 14 heteroatoms. The molecule has 4 N–H and O–H groups in total. The minimum absolute atomic E-state index is 0.0453. The number of fused-ring (bicyclic) bond motifs is 1. The predicted octanol–water partition coefficient (Wildman–Crippen LogP) is -0.665. The second-order valence-electron chi connectivity index (χ2n) is 5.72. The molecule has 154 valence electrons. The van der Waals surface area contributed by atoms with Gasteiger partial charge < -0.3 is 25.7 Å². The lowest BCUT2D eigenvalue weighted by atomic mass is 10.0. The van der Waals surface area contributed by atoms with Crippen molar-refractivity contribution >= 4 is 57.7 Å². The van der Waals surface area contributed by atoms with Gasteiger partial charge in [-0.3, -0.25) is 19.3 Å². The van der Waals surface area contributed by atoms with Crippen LogP contribution in [0.5, 0.6) is 0 Å². The highest BCUT2D eigenvalue weighted by Gasteiger charge is 2.55. The lowest BCUT2D eigenvalue weighted by Crippen LogP contribution is -2.71. The Kier molecular flexibility index (Phi) is 5.74. The lowest BCUT2D eigenvalue weighted by molar-refractivity contribution is -0.151. The number of nitrogens with two attached hydrogens (primary N) is 1. The number of nitrogens with one attached hydrogen (secondary N) is 1. The molecule has 0 aliphatic carbocycles. The van der Waals surface area contributed by atoms with Gasteiger partial charge in [-0.05, 0) is 0 Å². The fraction of sp³-hybridized carbons (Fsp3) is 0.333. The fourth-order valence-corrected chi connectivity index (χ4v) is 4.55. The molecule has 1 fully saturated rings. The number of thioether (sulfide) groups is 1. The quantitative estimate of drug-likeness (QED) is 0.222. The van der Waals surface area contributed by atoms with Crippen molar-refractivity contribution in [2.24, 2.45) is 5.16 Å². The molecule has 2 aliphatic heterocycles. The van der Waals surface area contributed by atoms with Crippen LogP contribution in [0, 0.1) is 0 Å². The van der Waals surface area contributed by atoms with E-state index in [4.69, 9.17) is 10.5 Å². The summed E-state index contributed by atoms with van der Waals surface area (Å²) in [5, 5.41) is 16.6. The fourth-order valence-electron chi connectivity index (χ4n) is 2.74. The number of carboxylic acid groups (broad SMARTS) is 1. The van der Waals surface area contributed by atoms with Crippen molar-refractivity contribution in [3.63, 3.8) is 0 Å². The minimum Gasteiger partial charge on any atom is -0.476 e. The number of rotatable bonds is 6. The van der Waals surface area contributed by atoms with Gasteiger partial charge in [-0.1, -0.05) is 5.16 Å². The van der Waals surface area contributed by atoms with E-state index < -0.39 is 40.9 Å². The molecule has 1 saturated heterocycles. The maximum absolute atomic E-state index is 12.6. The number of carboxylic acids is 1. The van der Waals surface area contributed by atoms with Crippen LogP contribution in [-0.2, 0) is 28.8 Å². The van der Waals surface area contributed by atoms with Gasteiger partial charge in [-0.25, -0.2) is 9.78 Å². The number of esters is 1. The zero-order chi connectivity index (χ0) is 21.3. The van der Waals surface area contributed by atoms with Crippen LogP contribution in [0.2, 0.25) is 0 Å². The number of hydrogen-bond donors (Lipinski definition) is 3. The minimum atomic E-state index is -1.41. The average Bonchev–Trinajstić information content (AvgIpc) is 3.08. The molecule has 0 spiro atoms. The number of carbonyl (C=O) groups excluding carboxylic acids is 3. The summed E-state index contributed by atoms with van der Waals surface area (Å²) < 4.78 is 4.92. The Bertz CT molecular complexity index is 957. The number of aliphatic carboxylic acids is 1. The molecule has 1 aromatic heterocycles. The Hall–Kier alpha value is -3.13. The number of oxime groups is 1. The first kappa shape index (κ1) is 20.6. The number of thiazole rings is 1. The van der Waals surface area contributed by atoms with E-state index in [0.717, 1.165) is 34.9 Å². The van der Waals surface area contributed by atoms with Crippen molar-refractivity contribution in [2.75, 3.05) is 18.6 Å². The molecule has 3 heterocycles. The molecule has 0 unspecified atom stereocenters. The molecule has 2 atom stereocenters. The molecule has 2 amide bonds. The number of anilines is 1. The van der Waals surface area contributed by atoms with Crippen LogP contribution < -0.4 is 11.1 Å². The second-order valence-corrected chi connectivity index (χ2v) is 7.72. The third-order valence-corrected chi connectivity index (χ3v) is 5.78. The molecule has 1 aromatic rings. The van der Waals surface area contributed by atoms with Crippen LogP contribution in [0.3, 0.4) is 0 Å². The van der Waals surface area contributed by atoms with E-state index in [1.54, 1.807) is 0 Å². The number of nitrogen functional groups attached to an aromatic ring is 1. The Balaban J connectivity index is 1.80. The molecule has 29 heavy (non-hydrogen) atoms. The van der Waals surface area contributed by atoms with Crippen molar-refractivity contribution in [1.82, 2.24) is 15.2 Å². The Morgan fingerprint density at radius 3 is 2.72 bits per heavy atom. The molecule has 3 rings (SSSR count). The Morgan fingerprint density at radius 1 is 1.45 bits per heavy atom.